The monoisotopic (exact) mass is 322 g/mol. The Morgan fingerprint density at radius 2 is 2.09 bits per heavy atom. The lowest BCUT2D eigenvalue weighted by molar-refractivity contribution is -0.117. The molecule has 1 aromatic rings. The summed E-state index contributed by atoms with van der Waals surface area (Å²) >= 11 is 0. The van der Waals surface area contributed by atoms with Crippen molar-refractivity contribution >= 4 is 17.8 Å². The van der Waals surface area contributed by atoms with Crippen LogP contribution in [0, 0.1) is 12.8 Å². The quantitative estimate of drug-likeness (QED) is 0.872. The second-order valence-electron chi connectivity index (χ2n) is 7.16. The predicted octanol–water partition coefficient (Wildman–Crippen LogP) is 2.45. The van der Waals surface area contributed by atoms with Crippen LogP contribution in [0.5, 0.6) is 0 Å². The molecule has 128 valence electrons. The Hall–Kier alpha value is -2.05. The summed E-state index contributed by atoms with van der Waals surface area (Å²) in [4.78, 5) is 24.0. The molecule has 1 aromatic heterocycles. The van der Waals surface area contributed by atoms with Gasteiger partial charge in [-0.3, -0.25) is 4.79 Å². The van der Waals surface area contributed by atoms with Gasteiger partial charge in [0.15, 0.2) is 0 Å². The van der Waals surface area contributed by atoms with Crippen molar-refractivity contribution in [3.63, 3.8) is 0 Å². The fraction of sp³-hybridized carbons (Fsp3) is 0.688. The number of hydrogen-bond donors (Lipinski definition) is 2. The van der Waals surface area contributed by atoms with Crippen molar-refractivity contribution < 1.29 is 14.3 Å². The maximum absolute atomic E-state index is 12.3. The third kappa shape index (κ3) is 5.26. The van der Waals surface area contributed by atoms with Crippen LogP contribution in [-0.2, 0) is 16.1 Å². The van der Waals surface area contributed by atoms with Crippen molar-refractivity contribution in [2.75, 3.05) is 5.32 Å². The number of carbonyl (C=O) groups excluding carboxylic acids is 2. The first kappa shape index (κ1) is 17.3. The van der Waals surface area contributed by atoms with E-state index in [-0.39, 0.29) is 5.91 Å². The van der Waals surface area contributed by atoms with Crippen molar-refractivity contribution in [3.05, 3.63) is 11.8 Å². The summed E-state index contributed by atoms with van der Waals surface area (Å²) in [7, 11) is 0. The van der Waals surface area contributed by atoms with Crippen molar-refractivity contribution in [3.8, 4) is 0 Å². The number of hydrogen-bond acceptors (Lipinski definition) is 4. The molecule has 2 N–H and O–H groups in total. The van der Waals surface area contributed by atoms with Crippen LogP contribution in [0.2, 0.25) is 0 Å². The molecule has 1 atom stereocenters. The van der Waals surface area contributed by atoms with Gasteiger partial charge in [-0.1, -0.05) is 0 Å². The fourth-order valence-corrected chi connectivity index (χ4v) is 2.10. The van der Waals surface area contributed by atoms with Gasteiger partial charge in [-0.05, 0) is 53.4 Å². The van der Waals surface area contributed by atoms with E-state index in [1.165, 1.54) is 12.8 Å². The van der Waals surface area contributed by atoms with E-state index in [0.29, 0.717) is 11.7 Å². The number of nitrogens with one attached hydrogen (secondary N) is 2. The van der Waals surface area contributed by atoms with Crippen LogP contribution < -0.4 is 10.6 Å². The molecule has 1 saturated carbocycles. The van der Waals surface area contributed by atoms with Crippen molar-refractivity contribution in [2.45, 2.75) is 65.6 Å². The van der Waals surface area contributed by atoms with E-state index < -0.39 is 17.7 Å². The molecule has 2 amide bonds. The lowest BCUT2D eigenvalue weighted by Gasteiger charge is -2.21. The Kier molecular flexibility index (Phi) is 4.97. The van der Waals surface area contributed by atoms with Crippen LogP contribution in [0.1, 0.15) is 46.1 Å². The molecule has 0 spiro atoms. The van der Waals surface area contributed by atoms with Crippen LogP contribution in [0.4, 0.5) is 10.6 Å². The number of alkyl carbamates (subject to hydrolysis) is 1. The van der Waals surface area contributed by atoms with E-state index >= 15 is 0 Å². The Bertz CT molecular complexity index is 585. The number of ether oxygens (including phenoxy) is 1. The molecule has 1 heterocycles. The van der Waals surface area contributed by atoms with Crippen LogP contribution >= 0.6 is 0 Å². The lowest BCUT2D eigenvalue weighted by Crippen LogP contribution is -2.44. The second kappa shape index (κ2) is 6.60. The zero-order valence-corrected chi connectivity index (χ0v) is 14.5. The second-order valence-corrected chi connectivity index (χ2v) is 7.16. The Morgan fingerprint density at radius 3 is 2.65 bits per heavy atom. The molecule has 1 aliphatic rings. The third-order valence-corrected chi connectivity index (χ3v) is 3.52. The van der Waals surface area contributed by atoms with E-state index in [4.69, 9.17) is 4.74 Å². The smallest absolute Gasteiger partial charge is 0.408 e. The zero-order chi connectivity index (χ0) is 17.2. The summed E-state index contributed by atoms with van der Waals surface area (Å²) in [6.07, 6.45) is 3.55. The number of nitrogens with zero attached hydrogens (tertiary/aromatic N) is 2. The van der Waals surface area contributed by atoms with E-state index in [9.17, 15) is 9.59 Å². The average Bonchev–Trinajstić information content (AvgIpc) is 3.15. The summed E-state index contributed by atoms with van der Waals surface area (Å²) in [6, 6.07) is -0.700. The Morgan fingerprint density at radius 1 is 1.43 bits per heavy atom. The number of aromatic nitrogens is 2. The highest BCUT2D eigenvalue weighted by atomic mass is 16.6. The summed E-state index contributed by atoms with van der Waals surface area (Å²) in [5.41, 5.74) is 0.309. The van der Waals surface area contributed by atoms with Gasteiger partial charge in [-0.2, -0.15) is 5.10 Å². The summed E-state index contributed by atoms with van der Waals surface area (Å²) in [6.45, 7) is 9.66. The molecule has 7 nitrogen and oxygen atoms in total. The van der Waals surface area contributed by atoms with E-state index in [1.54, 1.807) is 33.9 Å². The van der Waals surface area contributed by atoms with Crippen LogP contribution in [-0.4, -0.2) is 33.4 Å². The first-order valence-corrected chi connectivity index (χ1v) is 7.98. The predicted molar refractivity (Wildman–Crippen MR) is 87.1 cm³/mol. The minimum absolute atomic E-state index is 0.295. The van der Waals surface area contributed by atoms with Crippen molar-refractivity contribution in [1.82, 2.24) is 15.1 Å². The van der Waals surface area contributed by atoms with Crippen LogP contribution in [0.15, 0.2) is 6.20 Å². The molecule has 0 radical (unpaired) electrons. The Labute approximate surface area is 136 Å². The molecule has 7 heteroatoms. The summed E-state index contributed by atoms with van der Waals surface area (Å²) < 4.78 is 6.98. The van der Waals surface area contributed by atoms with Gasteiger partial charge in [0.05, 0.1) is 6.20 Å². The number of aryl methyl sites for hydroxylation is 1. The van der Waals surface area contributed by atoms with E-state index in [1.807, 2.05) is 11.6 Å². The zero-order valence-electron chi connectivity index (χ0n) is 14.5. The Balaban J connectivity index is 1.93. The largest absolute Gasteiger partial charge is 0.444 e. The van der Waals surface area contributed by atoms with Gasteiger partial charge in [0, 0.05) is 12.1 Å². The van der Waals surface area contributed by atoms with Crippen molar-refractivity contribution in [1.29, 1.82) is 0 Å². The highest BCUT2D eigenvalue weighted by molar-refractivity contribution is 5.96. The first-order valence-electron chi connectivity index (χ1n) is 7.98. The van der Waals surface area contributed by atoms with Gasteiger partial charge in [0.2, 0.25) is 5.91 Å². The lowest BCUT2D eigenvalue weighted by atomic mass is 10.2. The molecular formula is C16H26N4O3. The molecule has 0 aliphatic heterocycles. The van der Waals surface area contributed by atoms with Crippen molar-refractivity contribution in [2.24, 2.45) is 5.92 Å². The minimum atomic E-state index is -0.700. The van der Waals surface area contributed by atoms with Crippen LogP contribution in [0.3, 0.4) is 0 Å². The molecule has 2 rings (SSSR count). The molecule has 1 fully saturated rings. The van der Waals surface area contributed by atoms with Gasteiger partial charge < -0.3 is 15.4 Å². The van der Waals surface area contributed by atoms with Gasteiger partial charge in [-0.25, -0.2) is 9.48 Å². The summed E-state index contributed by atoms with van der Waals surface area (Å²) in [5, 5.41) is 9.70. The molecule has 23 heavy (non-hydrogen) atoms. The highest BCUT2D eigenvalue weighted by Crippen LogP contribution is 2.31. The molecule has 0 saturated heterocycles. The molecular weight excluding hydrogens is 296 g/mol. The fourth-order valence-electron chi connectivity index (χ4n) is 2.10. The van der Waals surface area contributed by atoms with E-state index in [2.05, 4.69) is 15.7 Å². The molecule has 1 aliphatic carbocycles. The SMILES string of the molecule is Cc1cnn(CC2CC2)c1NC(=O)[C@H](C)NC(=O)OC(C)(C)C. The normalized spacial score (nSPS) is 15.9. The summed E-state index contributed by atoms with van der Waals surface area (Å²) in [5.74, 6) is 1.05. The number of anilines is 1. The first-order chi connectivity index (χ1) is 10.7. The van der Waals surface area contributed by atoms with E-state index in [0.717, 1.165) is 12.1 Å². The third-order valence-electron chi connectivity index (χ3n) is 3.52. The number of carbonyl (C=O) groups is 2. The maximum atomic E-state index is 12.3. The van der Waals surface area contributed by atoms with Crippen LogP contribution in [0.25, 0.3) is 0 Å². The van der Waals surface area contributed by atoms with Gasteiger partial charge in [0.1, 0.15) is 17.5 Å². The van der Waals surface area contributed by atoms with Gasteiger partial charge in [0.25, 0.3) is 0 Å². The van der Waals surface area contributed by atoms with Gasteiger partial charge >= 0.3 is 6.09 Å². The number of amides is 2. The number of rotatable bonds is 5. The molecule has 0 bridgehead atoms. The molecule has 0 unspecified atom stereocenters. The molecule has 0 aromatic carbocycles. The highest BCUT2D eigenvalue weighted by Gasteiger charge is 2.25. The maximum Gasteiger partial charge on any atom is 0.408 e. The average molecular weight is 322 g/mol. The standard InChI is InChI=1S/C16H26N4O3/c1-10-8-17-20(9-12-6-7-12)13(10)19-14(21)11(2)18-15(22)23-16(3,4)5/h8,11-12H,6-7,9H2,1-5H3,(H,18,22)(H,19,21)/t11-/m0/s1. The van der Waals surface area contributed by atoms with Gasteiger partial charge in [-0.15, -0.1) is 0 Å². The topological polar surface area (TPSA) is 85.3 Å². The minimum Gasteiger partial charge on any atom is -0.444 e.